The Bertz CT molecular complexity index is 702. The number of halogens is 1. The second-order valence-corrected chi connectivity index (χ2v) is 5.58. The van der Waals surface area contributed by atoms with Crippen molar-refractivity contribution in [2.24, 2.45) is 0 Å². The van der Waals surface area contributed by atoms with Gasteiger partial charge in [0.05, 0.1) is 0 Å². The van der Waals surface area contributed by atoms with E-state index in [-0.39, 0.29) is 11.8 Å². The molecule has 0 aliphatic heterocycles. The largest absolute Gasteiger partial charge is 0.385 e. The van der Waals surface area contributed by atoms with Gasteiger partial charge in [0.25, 0.3) is 11.8 Å². The molecule has 5 nitrogen and oxygen atoms in total. The number of hydrogen-bond acceptors (Lipinski definition) is 3. The SMILES string of the molecule is COCCCNC(=O)c1cccc(C(=O)Nc2ccc(Cl)cc2)c1. The first-order valence-electron chi connectivity index (χ1n) is 7.54. The molecule has 0 aliphatic rings. The highest BCUT2D eigenvalue weighted by Crippen LogP contribution is 2.15. The number of nitrogens with one attached hydrogen (secondary N) is 2. The predicted octanol–water partition coefficient (Wildman–Crippen LogP) is 3.36. The molecule has 0 saturated heterocycles. The van der Waals surface area contributed by atoms with E-state index >= 15 is 0 Å². The quantitative estimate of drug-likeness (QED) is 0.755. The lowest BCUT2D eigenvalue weighted by Gasteiger charge is -2.08. The third-order valence-corrected chi connectivity index (χ3v) is 3.55. The zero-order chi connectivity index (χ0) is 17.4. The first-order valence-corrected chi connectivity index (χ1v) is 7.92. The number of carbonyl (C=O) groups excluding carboxylic acids is 2. The molecule has 0 atom stereocenters. The number of anilines is 1. The van der Waals surface area contributed by atoms with Gasteiger partial charge < -0.3 is 15.4 Å². The maximum Gasteiger partial charge on any atom is 0.255 e. The van der Waals surface area contributed by atoms with Crippen LogP contribution in [0.4, 0.5) is 5.69 Å². The normalized spacial score (nSPS) is 10.2. The Balaban J connectivity index is 1.99. The maximum atomic E-state index is 12.3. The van der Waals surface area contributed by atoms with E-state index < -0.39 is 0 Å². The minimum atomic E-state index is -0.286. The van der Waals surface area contributed by atoms with Gasteiger partial charge in [-0.2, -0.15) is 0 Å². The Hall–Kier alpha value is -2.37. The zero-order valence-corrected chi connectivity index (χ0v) is 14.1. The molecule has 24 heavy (non-hydrogen) atoms. The average molecular weight is 347 g/mol. The molecule has 0 fully saturated rings. The Labute approximate surface area is 146 Å². The molecule has 6 heteroatoms. The monoisotopic (exact) mass is 346 g/mol. The molecule has 2 aromatic rings. The van der Waals surface area contributed by atoms with Crippen LogP contribution >= 0.6 is 11.6 Å². The molecule has 0 aromatic heterocycles. The molecule has 0 saturated carbocycles. The van der Waals surface area contributed by atoms with Crippen LogP contribution in [0.25, 0.3) is 0 Å². The van der Waals surface area contributed by atoms with Crippen molar-refractivity contribution in [2.75, 3.05) is 25.6 Å². The Morgan fingerprint density at radius 3 is 2.38 bits per heavy atom. The van der Waals surface area contributed by atoms with Crippen molar-refractivity contribution in [1.82, 2.24) is 5.32 Å². The van der Waals surface area contributed by atoms with Crippen LogP contribution in [0.15, 0.2) is 48.5 Å². The van der Waals surface area contributed by atoms with Gasteiger partial charge in [-0.3, -0.25) is 9.59 Å². The van der Waals surface area contributed by atoms with Crippen LogP contribution in [0, 0.1) is 0 Å². The molecule has 0 aliphatic carbocycles. The van der Waals surface area contributed by atoms with Gasteiger partial charge in [-0.1, -0.05) is 17.7 Å². The summed E-state index contributed by atoms with van der Waals surface area (Å²) in [5.41, 5.74) is 1.49. The number of benzene rings is 2. The highest BCUT2D eigenvalue weighted by molar-refractivity contribution is 6.30. The second kappa shape index (κ2) is 9.05. The molecular weight excluding hydrogens is 328 g/mol. The van der Waals surface area contributed by atoms with E-state index in [1.165, 1.54) is 0 Å². The fourth-order valence-electron chi connectivity index (χ4n) is 2.06. The number of amides is 2. The summed E-state index contributed by atoms with van der Waals surface area (Å²) in [6, 6.07) is 13.4. The van der Waals surface area contributed by atoms with Crippen molar-refractivity contribution in [3.8, 4) is 0 Å². The van der Waals surface area contributed by atoms with E-state index in [0.717, 1.165) is 6.42 Å². The summed E-state index contributed by atoms with van der Waals surface area (Å²) in [5, 5.41) is 6.15. The van der Waals surface area contributed by atoms with E-state index in [1.54, 1.807) is 55.6 Å². The second-order valence-electron chi connectivity index (χ2n) is 5.14. The van der Waals surface area contributed by atoms with Crippen molar-refractivity contribution in [3.05, 3.63) is 64.7 Å². The highest BCUT2D eigenvalue weighted by atomic mass is 35.5. The van der Waals surface area contributed by atoms with E-state index in [2.05, 4.69) is 10.6 Å². The van der Waals surface area contributed by atoms with Gasteiger partial charge in [-0.25, -0.2) is 0 Å². The van der Waals surface area contributed by atoms with E-state index in [9.17, 15) is 9.59 Å². The Morgan fingerprint density at radius 2 is 1.71 bits per heavy atom. The van der Waals surface area contributed by atoms with E-state index in [1.807, 2.05) is 0 Å². The first kappa shape index (κ1) is 18.0. The van der Waals surface area contributed by atoms with E-state index in [0.29, 0.717) is 35.0 Å². The summed E-state index contributed by atoms with van der Waals surface area (Å²) in [4.78, 5) is 24.4. The molecule has 0 heterocycles. The van der Waals surface area contributed by atoms with Crippen LogP contribution in [0.2, 0.25) is 5.02 Å². The third-order valence-electron chi connectivity index (χ3n) is 3.30. The van der Waals surface area contributed by atoms with Crippen LogP contribution in [-0.2, 0) is 4.74 Å². The molecule has 2 amide bonds. The van der Waals surface area contributed by atoms with E-state index in [4.69, 9.17) is 16.3 Å². The van der Waals surface area contributed by atoms with Crippen LogP contribution < -0.4 is 10.6 Å². The smallest absolute Gasteiger partial charge is 0.255 e. The average Bonchev–Trinajstić information content (AvgIpc) is 2.60. The van der Waals surface area contributed by atoms with Gasteiger partial charge in [0, 0.05) is 42.1 Å². The summed E-state index contributed by atoms with van der Waals surface area (Å²) in [6.45, 7) is 1.11. The Morgan fingerprint density at radius 1 is 1.04 bits per heavy atom. The molecule has 126 valence electrons. The third kappa shape index (κ3) is 5.37. The molecule has 0 spiro atoms. The van der Waals surface area contributed by atoms with Crippen molar-refractivity contribution in [3.63, 3.8) is 0 Å². The van der Waals surface area contributed by atoms with Crippen molar-refractivity contribution in [2.45, 2.75) is 6.42 Å². The zero-order valence-electron chi connectivity index (χ0n) is 13.3. The van der Waals surface area contributed by atoms with Crippen LogP contribution in [0.3, 0.4) is 0 Å². The summed E-state index contributed by atoms with van der Waals surface area (Å²) in [6.07, 6.45) is 0.735. The first-order chi connectivity index (χ1) is 11.6. The minimum Gasteiger partial charge on any atom is -0.385 e. The lowest BCUT2D eigenvalue weighted by atomic mass is 10.1. The number of carbonyl (C=O) groups is 2. The van der Waals surface area contributed by atoms with Crippen molar-refractivity contribution in [1.29, 1.82) is 0 Å². The van der Waals surface area contributed by atoms with Crippen molar-refractivity contribution >= 4 is 29.1 Å². The van der Waals surface area contributed by atoms with Crippen LogP contribution in [0.1, 0.15) is 27.1 Å². The van der Waals surface area contributed by atoms with Gasteiger partial charge in [-0.05, 0) is 48.9 Å². The van der Waals surface area contributed by atoms with Crippen LogP contribution in [0.5, 0.6) is 0 Å². The van der Waals surface area contributed by atoms with Crippen molar-refractivity contribution < 1.29 is 14.3 Å². The summed E-state index contributed by atoms with van der Waals surface area (Å²) >= 11 is 5.82. The maximum absolute atomic E-state index is 12.3. The molecule has 2 N–H and O–H groups in total. The Kier molecular flexibility index (Phi) is 6.78. The summed E-state index contributed by atoms with van der Waals surface area (Å²) < 4.78 is 4.93. The molecule has 0 unspecified atom stereocenters. The number of methoxy groups -OCH3 is 1. The predicted molar refractivity (Wildman–Crippen MR) is 94.7 cm³/mol. The molecule has 2 rings (SSSR count). The molecule has 0 bridgehead atoms. The molecule has 2 aromatic carbocycles. The standard InChI is InChI=1S/C18H19ClN2O3/c1-24-11-3-10-20-17(22)13-4-2-5-14(12-13)18(23)21-16-8-6-15(19)7-9-16/h2,4-9,12H,3,10-11H2,1H3,(H,20,22)(H,21,23). The topological polar surface area (TPSA) is 67.4 Å². The molecular formula is C18H19ClN2O3. The number of hydrogen-bond donors (Lipinski definition) is 2. The fourth-order valence-corrected chi connectivity index (χ4v) is 2.18. The van der Waals surface area contributed by atoms with Gasteiger partial charge in [0.2, 0.25) is 0 Å². The highest BCUT2D eigenvalue weighted by Gasteiger charge is 2.10. The summed E-state index contributed by atoms with van der Waals surface area (Å²) in [7, 11) is 1.62. The lowest BCUT2D eigenvalue weighted by Crippen LogP contribution is -2.25. The van der Waals surface area contributed by atoms with Crippen LogP contribution in [-0.4, -0.2) is 32.1 Å². The minimum absolute atomic E-state index is 0.216. The van der Waals surface area contributed by atoms with Gasteiger partial charge in [0.15, 0.2) is 0 Å². The summed E-state index contributed by atoms with van der Waals surface area (Å²) in [5.74, 6) is -0.501. The van der Waals surface area contributed by atoms with Gasteiger partial charge >= 0.3 is 0 Å². The number of ether oxygens (including phenoxy) is 1. The molecule has 0 radical (unpaired) electrons. The lowest BCUT2D eigenvalue weighted by molar-refractivity contribution is 0.0948. The van der Waals surface area contributed by atoms with Gasteiger partial charge in [0.1, 0.15) is 0 Å². The fraction of sp³-hybridized carbons (Fsp3) is 0.222. The number of rotatable bonds is 7. The van der Waals surface area contributed by atoms with Gasteiger partial charge in [-0.15, -0.1) is 0 Å².